The van der Waals surface area contributed by atoms with E-state index < -0.39 is 11.7 Å². The fourth-order valence-corrected chi connectivity index (χ4v) is 6.01. The molecule has 0 aliphatic heterocycles. The largest absolute Gasteiger partial charge is 1.00 e. The summed E-state index contributed by atoms with van der Waals surface area (Å²) in [6.45, 7) is 33.9. The first kappa shape index (κ1) is 68.7. The average molecular weight is 926 g/mol. The number of nitrogens with one attached hydrogen (secondary N) is 2. The zero-order valence-electron chi connectivity index (χ0n) is 43.3. The van der Waals surface area contributed by atoms with Crippen LogP contribution in [-0.2, 0) is 18.9 Å². The minimum Gasteiger partial charge on any atom is -0.420 e. The van der Waals surface area contributed by atoms with Gasteiger partial charge in [0.05, 0.1) is 5.69 Å². The van der Waals surface area contributed by atoms with Crippen molar-refractivity contribution in [3.63, 3.8) is 0 Å². The first-order valence-electron chi connectivity index (χ1n) is 23.1. The average Bonchev–Trinajstić information content (AvgIpc) is 4.19. The third kappa shape index (κ3) is 28.8. The molecule has 2 aromatic carbocycles. The second kappa shape index (κ2) is 42.5. The second-order valence-electron chi connectivity index (χ2n) is 14.7. The number of halogens is 3. The van der Waals surface area contributed by atoms with Gasteiger partial charge < -0.3 is 24.5 Å². The topological polar surface area (TPSA) is 53.1 Å². The summed E-state index contributed by atoms with van der Waals surface area (Å²) in [6.07, 6.45) is 23.2. The van der Waals surface area contributed by atoms with E-state index >= 15 is 0 Å². The number of nitrogens with zero attached hydrogens (tertiary/aromatic N) is 3. The normalized spacial score (nSPS) is 10.5. The summed E-state index contributed by atoms with van der Waals surface area (Å²) >= 11 is 0. The number of alkyl halides is 2. The monoisotopic (exact) mass is 926 g/mol. The van der Waals surface area contributed by atoms with Gasteiger partial charge in [0.2, 0.25) is 0 Å². The fraction of sp³-hybridized carbons (Fsp3) is 0.464. The van der Waals surface area contributed by atoms with Crippen molar-refractivity contribution < 1.29 is 64.6 Å². The molecule has 0 saturated heterocycles. The molecule has 2 N–H and O–H groups in total. The Morgan fingerprint density at radius 3 is 2.02 bits per heavy atom. The van der Waals surface area contributed by atoms with Gasteiger partial charge in [0.1, 0.15) is 5.82 Å². The Morgan fingerprint density at radius 1 is 0.923 bits per heavy atom. The molecule has 0 spiro atoms. The fourth-order valence-electron chi connectivity index (χ4n) is 6.01. The molecule has 1 fully saturated rings. The van der Waals surface area contributed by atoms with Crippen molar-refractivity contribution in [2.75, 3.05) is 33.1 Å². The Kier molecular flexibility index (Phi) is 44.9. The molecule has 1 aliphatic rings. The molecule has 0 amide bonds. The summed E-state index contributed by atoms with van der Waals surface area (Å²) in [5.74, 6) is -3.59. The zero-order chi connectivity index (χ0) is 48.2. The van der Waals surface area contributed by atoms with E-state index in [0.717, 1.165) is 37.8 Å². The third-order valence-electron chi connectivity index (χ3n) is 9.25. The second-order valence-corrected chi connectivity index (χ2v) is 14.7. The van der Waals surface area contributed by atoms with E-state index in [4.69, 9.17) is 4.98 Å². The predicted octanol–water partition coefficient (Wildman–Crippen LogP) is 13.9. The van der Waals surface area contributed by atoms with Crippen LogP contribution in [0.2, 0.25) is 0 Å². The van der Waals surface area contributed by atoms with E-state index in [-0.39, 0.29) is 69.9 Å². The quantitative estimate of drug-likeness (QED) is 0.0323. The number of aromatic nitrogens is 2. The molecule has 2 heterocycles. The maximum atomic E-state index is 14.7. The van der Waals surface area contributed by atoms with E-state index in [0.29, 0.717) is 33.3 Å². The maximum absolute atomic E-state index is 14.7. The molecule has 2 aromatic heterocycles. The molecule has 1 aliphatic carbocycles. The number of benzene rings is 2. The maximum Gasteiger partial charge on any atom is 1.00 e. The van der Waals surface area contributed by atoms with Crippen LogP contribution in [0.15, 0.2) is 87.6 Å². The van der Waals surface area contributed by atoms with Gasteiger partial charge in [-0.25, -0.2) is 32.1 Å². The number of anilines is 1. The van der Waals surface area contributed by atoms with Gasteiger partial charge >= 0.3 is 51.4 Å². The van der Waals surface area contributed by atoms with Crippen molar-refractivity contribution in [1.29, 1.82) is 0 Å². The van der Waals surface area contributed by atoms with Crippen molar-refractivity contribution in [3.8, 4) is 11.1 Å². The summed E-state index contributed by atoms with van der Waals surface area (Å²) in [7, 11) is 5.80. The van der Waals surface area contributed by atoms with Gasteiger partial charge in [0.25, 0.3) is 5.92 Å². The number of aryl methyl sites for hydroxylation is 1. The Labute approximate surface area is 439 Å². The molecule has 360 valence electrons. The van der Waals surface area contributed by atoms with E-state index in [1.54, 1.807) is 32.2 Å². The molecular weight excluding hydrogens is 839 g/mol. The summed E-state index contributed by atoms with van der Waals surface area (Å²) in [5.41, 5.74) is 5.96. The molecule has 0 bridgehead atoms. The van der Waals surface area contributed by atoms with Gasteiger partial charge in [-0.3, -0.25) is 14.9 Å². The summed E-state index contributed by atoms with van der Waals surface area (Å²) in [4.78, 5) is 11.2. The molecule has 4 aromatic rings. The van der Waals surface area contributed by atoms with Crippen LogP contribution >= 0.6 is 0 Å². The number of rotatable bonds is 19. The van der Waals surface area contributed by atoms with Gasteiger partial charge in [-0.2, -0.15) is 0 Å². The molecule has 5 nitrogen and oxygen atoms in total. The van der Waals surface area contributed by atoms with E-state index in [9.17, 15) is 13.2 Å². The Balaban J connectivity index is -0.000000430. The van der Waals surface area contributed by atoms with Gasteiger partial charge in [0.15, 0.2) is 0 Å². The van der Waals surface area contributed by atoms with Crippen LogP contribution in [0.25, 0.3) is 33.7 Å². The number of fused-ring (bicyclic) bond motifs is 1. The smallest absolute Gasteiger partial charge is 0.420 e. The summed E-state index contributed by atoms with van der Waals surface area (Å²) in [5, 5.41) is 6.82. The molecule has 0 radical (unpaired) electrons. The van der Waals surface area contributed by atoms with Crippen LogP contribution in [0.3, 0.4) is 0 Å². The van der Waals surface area contributed by atoms with Crippen molar-refractivity contribution in [3.05, 3.63) is 141 Å². The van der Waals surface area contributed by atoms with Crippen molar-refractivity contribution in [2.24, 2.45) is 0 Å². The molecular formula is C56H87F3KN5-2. The molecule has 9 heteroatoms. The van der Waals surface area contributed by atoms with Crippen molar-refractivity contribution in [1.82, 2.24) is 20.2 Å². The van der Waals surface area contributed by atoms with Gasteiger partial charge in [-0.1, -0.05) is 142 Å². The molecule has 5 rings (SSSR count). The van der Waals surface area contributed by atoms with Crippen LogP contribution in [0.4, 0.5) is 18.9 Å². The number of pyridine rings is 2. The summed E-state index contributed by atoms with van der Waals surface area (Å²) < 4.78 is 42.8. The number of allylic oxidation sites excluding steroid dienone is 2. The first-order valence-corrected chi connectivity index (χ1v) is 23.1. The predicted molar refractivity (Wildman–Crippen MR) is 280 cm³/mol. The van der Waals surface area contributed by atoms with Crippen LogP contribution in [-0.4, -0.2) is 42.7 Å². The van der Waals surface area contributed by atoms with Crippen LogP contribution < -0.4 is 62.0 Å². The zero-order valence-corrected chi connectivity index (χ0v) is 46.4. The van der Waals surface area contributed by atoms with Crippen LogP contribution in [0, 0.1) is 25.7 Å². The van der Waals surface area contributed by atoms with Gasteiger partial charge in [-0.15, -0.1) is 36.9 Å². The molecule has 0 unspecified atom stereocenters. The van der Waals surface area contributed by atoms with E-state index in [2.05, 4.69) is 98.9 Å². The number of hydrogen-bond acceptors (Lipinski definition) is 5. The first-order chi connectivity index (χ1) is 30.3. The molecule has 0 atom stereocenters. The molecule has 1 saturated carbocycles. The SMILES string of the molecule is C=C.C=C(C)c1ccc(-c2cc3c(NC)[c-]cnc3cc2F)cc1C(C)(F)F.C=CCCCC.C=Cc1ccc(CCCCCCCC)nc1CN(C)CNC.CC.CC.[CH-]1CC1.[CH3-].[K+]. The minimum atomic E-state index is -3.07. The van der Waals surface area contributed by atoms with Gasteiger partial charge in [0, 0.05) is 44.0 Å². The van der Waals surface area contributed by atoms with Crippen molar-refractivity contribution >= 4 is 28.2 Å². The van der Waals surface area contributed by atoms with Crippen LogP contribution in [0.1, 0.15) is 154 Å². The van der Waals surface area contributed by atoms with E-state index in [1.165, 1.54) is 94.7 Å². The Hall–Kier alpha value is -2.89. The number of unbranched alkanes of at least 4 members (excludes halogenated alkanes) is 7. The van der Waals surface area contributed by atoms with Crippen LogP contribution in [0.5, 0.6) is 0 Å². The van der Waals surface area contributed by atoms with E-state index in [1.807, 2.05) is 46.9 Å². The van der Waals surface area contributed by atoms with Gasteiger partial charge in [-0.05, 0) is 80.7 Å². The summed E-state index contributed by atoms with van der Waals surface area (Å²) in [6, 6.07) is 14.7. The van der Waals surface area contributed by atoms with Crippen molar-refractivity contribution in [2.45, 2.75) is 145 Å². The third-order valence-corrected chi connectivity index (χ3v) is 9.25. The Morgan fingerprint density at radius 2 is 1.52 bits per heavy atom. The minimum absolute atomic E-state index is 0. The standard InChI is InChI=1S/C21H18F3N2.C19H33N3.C6H12.C3H5.2C2H6.C2H4.CH3.K/c1-12(2)14-6-5-13(9-17(14)21(3,23)24)15-10-16-19(25-4)7-8-26-20(16)11-18(15)22;1-5-7-8-9-10-11-12-18-14-13-17(6-2)19(21-18)15-22(4)16-20-3;1-3-5-6-4-2;1-2-3-1;3*1-2;;/h5-6,8-11H,1H2,2-4H3,(H,25,26);6,13-14,20H,2,5,7-12,15-16H2,1,3-4H3;3H,1,4-6H2,2H3;1H,2-3H2;2*1-2H3;1-2H2;1H3;/q-1;;;-1;;;;-1;+1. The molecule has 65 heavy (non-hydrogen) atoms. The Bertz CT molecular complexity index is 1830. The number of hydrogen-bond donors (Lipinski definition) is 2.